The highest BCUT2D eigenvalue weighted by atomic mass is 32.2. The number of amides is 1. The van der Waals surface area contributed by atoms with E-state index >= 15 is 4.39 Å². The number of ether oxygens (including phenoxy) is 1. The van der Waals surface area contributed by atoms with Gasteiger partial charge in [-0.05, 0) is 44.4 Å². The predicted octanol–water partition coefficient (Wildman–Crippen LogP) is 4.73. The van der Waals surface area contributed by atoms with Crippen molar-refractivity contribution in [3.63, 3.8) is 0 Å². The van der Waals surface area contributed by atoms with Crippen LogP contribution in [0.15, 0.2) is 36.7 Å². The average molecular weight is 578 g/mol. The fourth-order valence-corrected chi connectivity index (χ4v) is 5.19. The Morgan fingerprint density at radius 2 is 1.80 bits per heavy atom. The molecule has 1 atom stereocenters. The van der Waals surface area contributed by atoms with E-state index in [0.717, 1.165) is 49.0 Å². The van der Waals surface area contributed by atoms with Crippen LogP contribution in [0.4, 0.5) is 40.7 Å². The lowest BCUT2D eigenvalue weighted by atomic mass is 10.0. The summed E-state index contributed by atoms with van der Waals surface area (Å²) in [4.78, 5) is 28.5. The highest BCUT2D eigenvalue weighted by molar-refractivity contribution is 7.96. The standard InChI is InChI=1S/C26H27F4N7O2S/c1-14(2)37-19-11-15(10-17(27)22(19)39-23(24(29)30)25(37)38)21-18(28)13-32-26(34-21)33-20-5-4-16(12-31-20)35-6-8-36(40-3)9-7-35/h4-5,10-14,23-24H,6-9H2,1-3H3,(H,31,32,33,34). The van der Waals surface area contributed by atoms with Gasteiger partial charge in [-0.3, -0.25) is 4.79 Å². The lowest BCUT2D eigenvalue weighted by Crippen LogP contribution is -2.52. The minimum absolute atomic E-state index is 0.00849. The molecular weight excluding hydrogens is 550 g/mol. The van der Waals surface area contributed by atoms with Crippen LogP contribution in [-0.2, 0) is 4.79 Å². The Morgan fingerprint density at radius 3 is 2.42 bits per heavy atom. The summed E-state index contributed by atoms with van der Waals surface area (Å²) in [5, 5.41) is 2.92. The molecule has 0 bridgehead atoms. The number of aromatic nitrogens is 3. The van der Waals surface area contributed by atoms with Crippen molar-refractivity contribution in [2.75, 3.05) is 47.6 Å². The van der Waals surface area contributed by atoms with Crippen LogP contribution in [0.2, 0.25) is 0 Å². The van der Waals surface area contributed by atoms with Crippen molar-refractivity contribution in [3.05, 3.63) is 48.3 Å². The van der Waals surface area contributed by atoms with Gasteiger partial charge >= 0.3 is 0 Å². The zero-order valence-corrected chi connectivity index (χ0v) is 22.8. The Kier molecular flexibility index (Phi) is 7.99. The van der Waals surface area contributed by atoms with E-state index < -0.39 is 41.9 Å². The van der Waals surface area contributed by atoms with Crippen LogP contribution in [0.25, 0.3) is 11.3 Å². The number of carbonyl (C=O) groups is 1. The van der Waals surface area contributed by atoms with Gasteiger partial charge in [0.25, 0.3) is 12.3 Å². The van der Waals surface area contributed by atoms with Gasteiger partial charge in [0.05, 0.1) is 23.8 Å². The van der Waals surface area contributed by atoms with E-state index in [9.17, 15) is 18.0 Å². The first-order valence-electron chi connectivity index (χ1n) is 12.6. The molecule has 0 radical (unpaired) electrons. The number of fused-ring (bicyclic) bond motifs is 1. The van der Waals surface area contributed by atoms with Gasteiger partial charge in [0, 0.05) is 37.8 Å². The summed E-state index contributed by atoms with van der Waals surface area (Å²) < 4.78 is 64.2. The van der Waals surface area contributed by atoms with Crippen LogP contribution in [0, 0.1) is 11.6 Å². The van der Waals surface area contributed by atoms with E-state index in [1.807, 2.05) is 6.07 Å². The van der Waals surface area contributed by atoms with Crippen LogP contribution in [0.5, 0.6) is 5.75 Å². The molecule has 0 saturated carbocycles. The van der Waals surface area contributed by atoms with E-state index in [2.05, 4.69) is 35.7 Å². The van der Waals surface area contributed by atoms with Crippen molar-refractivity contribution in [2.45, 2.75) is 32.4 Å². The number of hydrogen-bond acceptors (Lipinski definition) is 9. The van der Waals surface area contributed by atoms with Crippen molar-refractivity contribution in [3.8, 4) is 17.0 Å². The molecule has 1 unspecified atom stereocenters. The number of nitrogens with one attached hydrogen (secondary N) is 1. The van der Waals surface area contributed by atoms with Crippen LogP contribution >= 0.6 is 11.9 Å². The maximum Gasteiger partial charge on any atom is 0.283 e. The first-order chi connectivity index (χ1) is 19.2. The fraction of sp³-hybridized carbons (Fsp3) is 0.385. The Bertz CT molecular complexity index is 1390. The zero-order chi connectivity index (χ0) is 28.6. The van der Waals surface area contributed by atoms with Crippen LogP contribution in [0.1, 0.15) is 13.8 Å². The van der Waals surface area contributed by atoms with Crippen molar-refractivity contribution >= 4 is 41.0 Å². The molecular formula is C26H27F4N7O2S. The summed E-state index contributed by atoms with van der Waals surface area (Å²) in [6.07, 6.45) is -0.577. The Balaban J connectivity index is 1.40. The number of rotatable bonds is 7. The van der Waals surface area contributed by atoms with Crippen molar-refractivity contribution in [1.82, 2.24) is 19.3 Å². The number of halogens is 4. The van der Waals surface area contributed by atoms with E-state index in [1.165, 1.54) is 6.07 Å². The summed E-state index contributed by atoms with van der Waals surface area (Å²) in [5.41, 5.74) is 0.603. The Morgan fingerprint density at radius 1 is 1.05 bits per heavy atom. The van der Waals surface area contributed by atoms with Gasteiger partial charge in [-0.15, -0.1) is 0 Å². The minimum atomic E-state index is -3.15. The van der Waals surface area contributed by atoms with Gasteiger partial charge in [0.15, 0.2) is 17.4 Å². The second kappa shape index (κ2) is 11.5. The van der Waals surface area contributed by atoms with E-state index in [1.54, 1.807) is 38.1 Å². The average Bonchev–Trinajstić information content (AvgIpc) is 2.93. The molecule has 14 heteroatoms. The molecule has 1 amide bonds. The number of alkyl halides is 2. The molecule has 0 spiro atoms. The maximum atomic E-state index is 15.1. The van der Waals surface area contributed by atoms with Gasteiger partial charge in [0.2, 0.25) is 12.1 Å². The smallest absolute Gasteiger partial charge is 0.283 e. The highest BCUT2D eigenvalue weighted by Crippen LogP contribution is 2.42. The third-order valence-electron chi connectivity index (χ3n) is 6.62. The molecule has 9 nitrogen and oxygen atoms in total. The van der Waals surface area contributed by atoms with Crippen molar-refractivity contribution in [1.29, 1.82) is 0 Å². The van der Waals surface area contributed by atoms with E-state index in [-0.39, 0.29) is 22.9 Å². The Labute approximate surface area is 232 Å². The number of benzene rings is 1. The molecule has 1 saturated heterocycles. The largest absolute Gasteiger partial charge is 0.469 e. The van der Waals surface area contributed by atoms with Crippen molar-refractivity contribution < 1.29 is 27.1 Å². The van der Waals surface area contributed by atoms with Gasteiger partial charge in [0.1, 0.15) is 11.5 Å². The van der Waals surface area contributed by atoms with Crippen LogP contribution in [0.3, 0.4) is 0 Å². The molecule has 40 heavy (non-hydrogen) atoms. The maximum absolute atomic E-state index is 15.1. The SMILES string of the molecule is CSN1CCN(c2ccc(Nc3ncc(F)c(-c4cc(F)c5c(c4)N(C(C)C)C(=O)C(C(F)F)O5)n3)nc2)CC1. The van der Waals surface area contributed by atoms with E-state index in [4.69, 9.17) is 4.74 Å². The summed E-state index contributed by atoms with van der Waals surface area (Å²) in [6.45, 7) is 6.83. The summed E-state index contributed by atoms with van der Waals surface area (Å²) in [7, 11) is 0. The number of anilines is 4. The van der Waals surface area contributed by atoms with Crippen molar-refractivity contribution in [2.24, 2.45) is 0 Å². The fourth-order valence-electron chi connectivity index (χ4n) is 4.66. The summed E-state index contributed by atoms with van der Waals surface area (Å²) >= 11 is 1.73. The lowest BCUT2D eigenvalue weighted by Gasteiger charge is -2.36. The van der Waals surface area contributed by atoms with Crippen LogP contribution in [-0.4, -0.2) is 76.2 Å². The van der Waals surface area contributed by atoms with Gasteiger partial charge in [-0.1, -0.05) is 11.9 Å². The number of pyridine rings is 1. The topological polar surface area (TPSA) is 86.7 Å². The first kappa shape index (κ1) is 27.9. The molecule has 1 N–H and O–H groups in total. The molecule has 212 valence electrons. The van der Waals surface area contributed by atoms with Gasteiger partial charge in [-0.2, -0.15) is 0 Å². The quantitative estimate of drug-likeness (QED) is 0.317. The second-order valence-corrected chi connectivity index (χ2v) is 10.4. The minimum Gasteiger partial charge on any atom is -0.469 e. The van der Waals surface area contributed by atoms with Crippen LogP contribution < -0.4 is 19.9 Å². The van der Waals surface area contributed by atoms with Gasteiger partial charge in [-0.25, -0.2) is 36.8 Å². The third kappa shape index (κ3) is 5.50. The second-order valence-electron chi connectivity index (χ2n) is 9.50. The normalized spacial score (nSPS) is 17.8. The monoisotopic (exact) mass is 577 g/mol. The Hall–Kier alpha value is -3.65. The first-order valence-corrected chi connectivity index (χ1v) is 13.8. The summed E-state index contributed by atoms with van der Waals surface area (Å²) in [6, 6.07) is 5.29. The molecule has 2 aromatic heterocycles. The molecule has 2 aliphatic heterocycles. The summed E-state index contributed by atoms with van der Waals surface area (Å²) in [5.74, 6) is -2.96. The molecule has 3 aromatic rings. The molecule has 1 aromatic carbocycles. The third-order valence-corrected chi connectivity index (χ3v) is 7.50. The number of piperazine rings is 1. The molecule has 2 aliphatic rings. The molecule has 1 fully saturated rings. The number of hydrogen-bond donors (Lipinski definition) is 1. The van der Waals surface area contributed by atoms with Gasteiger partial charge < -0.3 is 19.9 Å². The predicted molar refractivity (Wildman–Crippen MR) is 145 cm³/mol. The zero-order valence-electron chi connectivity index (χ0n) is 21.9. The highest BCUT2D eigenvalue weighted by Gasteiger charge is 2.43. The molecule has 5 rings (SSSR count). The number of carbonyl (C=O) groups excluding carboxylic acids is 1. The lowest BCUT2D eigenvalue weighted by molar-refractivity contribution is -0.134. The molecule has 0 aliphatic carbocycles. The number of nitrogens with zero attached hydrogens (tertiary/aromatic N) is 6. The molecule has 4 heterocycles. The van der Waals surface area contributed by atoms with E-state index in [0.29, 0.717) is 5.82 Å².